The standard InChI is InChI=1S/C61H38N4/c1-4-17-39(18-5-1)46-31-33-49-52(35-46)53(61-63-59(43-23-8-3-9-24-43)62-60(64-61)50-30-16-27-40-21-12-14-28-47(40)50)38-51(41-19-6-2-7-20-41)58(49)65-55-34-32-42-22-13-15-29-48(42)57(55)54-36-44-25-10-11-26-45(44)37-56(54)65/h1-38H. The highest BCUT2D eigenvalue weighted by molar-refractivity contribution is 6.24. The number of hydrogen-bond acceptors (Lipinski definition) is 3. The molecule has 2 heterocycles. The predicted octanol–water partition coefficient (Wildman–Crippen LogP) is 15.9. The van der Waals surface area contributed by atoms with Crippen molar-refractivity contribution >= 4 is 64.9 Å². The van der Waals surface area contributed by atoms with Crippen LogP contribution in [0.15, 0.2) is 231 Å². The lowest BCUT2D eigenvalue weighted by Gasteiger charge is -2.21. The van der Waals surface area contributed by atoms with Crippen LogP contribution in [0, 0.1) is 0 Å². The first kappa shape index (κ1) is 36.9. The van der Waals surface area contributed by atoms with Crippen LogP contribution in [0.4, 0.5) is 0 Å². The third-order valence-electron chi connectivity index (χ3n) is 13.0. The van der Waals surface area contributed by atoms with Gasteiger partial charge < -0.3 is 4.57 Å². The molecule has 0 amide bonds. The van der Waals surface area contributed by atoms with Crippen LogP contribution < -0.4 is 0 Å². The zero-order valence-corrected chi connectivity index (χ0v) is 35.2. The van der Waals surface area contributed by atoms with Gasteiger partial charge in [0.15, 0.2) is 17.5 Å². The molecule has 11 aromatic carbocycles. The van der Waals surface area contributed by atoms with Crippen LogP contribution in [-0.2, 0) is 0 Å². The van der Waals surface area contributed by atoms with Crippen molar-refractivity contribution in [2.45, 2.75) is 0 Å². The van der Waals surface area contributed by atoms with E-state index in [1.54, 1.807) is 0 Å². The first-order valence-corrected chi connectivity index (χ1v) is 22.1. The van der Waals surface area contributed by atoms with Crippen molar-refractivity contribution in [3.05, 3.63) is 231 Å². The van der Waals surface area contributed by atoms with E-state index >= 15 is 0 Å². The summed E-state index contributed by atoms with van der Waals surface area (Å²) >= 11 is 0. The van der Waals surface area contributed by atoms with Gasteiger partial charge in [0, 0.05) is 38.4 Å². The Balaban J connectivity index is 1.20. The molecule has 13 aromatic rings. The smallest absolute Gasteiger partial charge is 0.164 e. The van der Waals surface area contributed by atoms with Crippen molar-refractivity contribution in [1.82, 2.24) is 19.5 Å². The van der Waals surface area contributed by atoms with Crippen LogP contribution >= 0.6 is 0 Å². The largest absolute Gasteiger partial charge is 0.308 e. The van der Waals surface area contributed by atoms with Crippen LogP contribution in [0.1, 0.15) is 0 Å². The quantitative estimate of drug-likeness (QED) is 0.168. The summed E-state index contributed by atoms with van der Waals surface area (Å²) in [6, 6.07) is 82.5. The molecule has 0 N–H and O–H groups in total. The van der Waals surface area contributed by atoms with Gasteiger partial charge in [0.25, 0.3) is 0 Å². The maximum absolute atomic E-state index is 5.47. The van der Waals surface area contributed by atoms with Gasteiger partial charge in [0.05, 0.1) is 16.7 Å². The highest BCUT2D eigenvalue weighted by Crippen LogP contribution is 2.46. The predicted molar refractivity (Wildman–Crippen MR) is 271 cm³/mol. The van der Waals surface area contributed by atoms with Crippen LogP contribution in [-0.4, -0.2) is 19.5 Å². The van der Waals surface area contributed by atoms with Crippen molar-refractivity contribution in [3.63, 3.8) is 0 Å². The molecule has 0 saturated carbocycles. The Morgan fingerprint density at radius 2 is 0.831 bits per heavy atom. The molecule has 65 heavy (non-hydrogen) atoms. The minimum absolute atomic E-state index is 0.611. The van der Waals surface area contributed by atoms with E-state index in [1.807, 2.05) is 18.2 Å². The second-order valence-corrected chi connectivity index (χ2v) is 16.7. The molecule has 2 aromatic heterocycles. The number of aromatic nitrogens is 4. The maximum Gasteiger partial charge on any atom is 0.164 e. The first-order valence-electron chi connectivity index (χ1n) is 22.1. The van der Waals surface area contributed by atoms with Gasteiger partial charge in [0.2, 0.25) is 0 Å². The average molecular weight is 827 g/mol. The molecule has 0 radical (unpaired) electrons. The summed E-state index contributed by atoms with van der Waals surface area (Å²) in [5.41, 5.74) is 10.7. The molecule has 0 saturated heterocycles. The summed E-state index contributed by atoms with van der Waals surface area (Å²) in [7, 11) is 0. The van der Waals surface area contributed by atoms with E-state index in [-0.39, 0.29) is 0 Å². The molecular formula is C61H38N4. The Morgan fingerprint density at radius 1 is 0.262 bits per heavy atom. The average Bonchev–Trinajstić information content (AvgIpc) is 3.70. The molecule has 0 fully saturated rings. The number of fused-ring (bicyclic) bond motifs is 8. The van der Waals surface area contributed by atoms with Gasteiger partial charge >= 0.3 is 0 Å². The number of nitrogens with zero attached hydrogens (tertiary/aromatic N) is 4. The molecule has 0 aliphatic heterocycles. The van der Waals surface area contributed by atoms with E-state index in [0.29, 0.717) is 17.5 Å². The highest BCUT2D eigenvalue weighted by atomic mass is 15.0. The Morgan fingerprint density at radius 3 is 1.57 bits per heavy atom. The Kier molecular flexibility index (Phi) is 8.50. The fourth-order valence-electron chi connectivity index (χ4n) is 9.95. The summed E-state index contributed by atoms with van der Waals surface area (Å²) in [6.45, 7) is 0. The van der Waals surface area contributed by atoms with E-state index in [1.165, 1.54) is 32.3 Å². The lowest BCUT2D eigenvalue weighted by atomic mass is 9.91. The van der Waals surface area contributed by atoms with E-state index < -0.39 is 0 Å². The second-order valence-electron chi connectivity index (χ2n) is 16.7. The molecule has 4 heteroatoms. The highest BCUT2D eigenvalue weighted by Gasteiger charge is 2.25. The topological polar surface area (TPSA) is 43.6 Å². The molecule has 0 aliphatic carbocycles. The molecule has 4 nitrogen and oxygen atoms in total. The summed E-state index contributed by atoms with van der Waals surface area (Å²) in [4.78, 5) is 16.1. The molecule has 0 aliphatic rings. The van der Waals surface area contributed by atoms with Crippen LogP contribution in [0.2, 0.25) is 0 Å². The lowest BCUT2D eigenvalue weighted by molar-refractivity contribution is 1.08. The number of benzene rings is 11. The fraction of sp³-hybridized carbons (Fsp3) is 0. The first-order chi connectivity index (χ1) is 32.2. The molecule has 0 atom stereocenters. The van der Waals surface area contributed by atoms with Gasteiger partial charge in [0.1, 0.15) is 0 Å². The lowest BCUT2D eigenvalue weighted by Crippen LogP contribution is -2.04. The normalized spacial score (nSPS) is 11.7. The Labute approximate surface area is 375 Å². The molecule has 0 spiro atoms. The van der Waals surface area contributed by atoms with Crippen molar-refractivity contribution in [1.29, 1.82) is 0 Å². The molecule has 0 bridgehead atoms. The van der Waals surface area contributed by atoms with E-state index in [2.05, 4.69) is 217 Å². The minimum Gasteiger partial charge on any atom is -0.308 e. The van der Waals surface area contributed by atoms with Crippen LogP contribution in [0.3, 0.4) is 0 Å². The van der Waals surface area contributed by atoms with Crippen molar-refractivity contribution in [2.24, 2.45) is 0 Å². The summed E-state index contributed by atoms with van der Waals surface area (Å²) in [6.07, 6.45) is 0. The summed E-state index contributed by atoms with van der Waals surface area (Å²) in [5.74, 6) is 1.86. The third kappa shape index (κ3) is 6.11. The number of rotatable bonds is 6. The van der Waals surface area contributed by atoms with Crippen molar-refractivity contribution in [2.75, 3.05) is 0 Å². The van der Waals surface area contributed by atoms with E-state index in [9.17, 15) is 0 Å². The third-order valence-corrected chi connectivity index (χ3v) is 13.0. The minimum atomic E-state index is 0.611. The zero-order valence-electron chi connectivity index (χ0n) is 35.2. The summed E-state index contributed by atoms with van der Waals surface area (Å²) < 4.78 is 2.52. The van der Waals surface area contributed by atoms with E-state index in [4.69, 9.17) is 15.0 Å². The van der Waals surface area contributed by atoms with Gasteiger partial charge in [-0.3, -0.25) is 0 Å². The Bertz CT molecular complexity index is 3980. The Hall–Kier alpha value is -8.73. The zero-order chi connectivity index (χ0) is 42.8. The van der Waals surface area contributed by atoms with Crippen LogP contribution in [0.5, 0.6) is 0 Å². The van der Waals surface area contributed by atoms with Crippen molar-refractivity contribution < 1.29 is 0 Å². The monoisotopic (exact) mass is 826 g/mol. The van der Waals surface area contributed by atoms with Gasteiger partial charge in [-0.15, -0.1) is 0 Å². The van der Waals surface area contributed by atoms with Crippen molar-refractivity contribution in [3.8, 4) is 62.1 Å². The molecule has 0 unspecified atom stereocenters. The maximum atomic E-state index is 5.47. The van der Waals surface area contributed by atoms with Crippen LogP contribution in [0.25, 0.3) is 127 Å². The second kappa shape index (κ2) is 15.0. The van der Waals surface area contributed by atoms with Gasteiger partial charge in [-0.2, -0.15) is 0 Å². The van der Waals surface area contributed by atoms with Gasteiger partial charge in [-0.25, -0.2) is 15.0 Å². The molecular weight excluding hydrogens is 789 g/mol. The molecule has 302 valence electrons. The van der Waals surface area contributed by atoms with Gasteiger partial charge in [-0.05, 0) is 84.7 Å². The summed E-state index contributed by atoms with van der Waals surface area (Å²) in [5, 5.41) is 11.7. The van der Waals surface area contributed by atoms with Gasteiger partial charge in [-0.1, -0.05) is 200 Å². The van der Waals surface area contributed by atoms with E-state index in [0.717, 1.165) is 77.2 Å². The fourth-order valence-corrected chi connectivity index (χ4v) is 9.95. The molecule has 13 rings (SSSR count). The number of hydrogen-bond donors (Lipinski definition) is 0. The SMILES string of the molecule is c1ccc(-c2ccc3c(-n4c5cc6ccccc6cc5c5c6ccccc6ccc54)c(-c4ccccc4)cc(-c4nc(-c5ccccc5)nc(-c5cccc6ccccc56)n4)c3c2)cc1.